The number of para-hydroxylation sites is 1. The van der Waals surface area contributed by atoms with Crippen LogP contribution in [0.1, 0.15) is 23.2 Å². The standard InChI is InChI=1S/C11H12F3NO3/c12-11(13,14)5-2-6-18-9-7(10(16)17)3-1-4-8(9)15/h1,3-4H,2,5-6,15H2,(H,16,17). The van der Waals surface area contributed by atoms with Gasteiger partial charge in [0.25, 0.3) is 0 Å². The summed E-state index contributed by atoms with van der Waals surface area (Å²) in [6, 6.07) is 4.13. The lowest BCUT2D eigenvalue weighted by atomic mass is 10.2. The predicted molar refractivity (Wildman–Crippen MR) is 58.6 cm³/mol. The van der Waals surface area contributed by atoms with E-state index < -0.39 is 18.6 Å². The number of rotatable bonds is 5. The number of nitrogens with two attached hydrogens (primary N) is 1. The van der Waals surface area contributed by atoms with E-state index in [0.717, 1.165) is 0 Å². The zero-order chi connectivity index (χ0) is 13.8. The van der Waals surface area contributed by atoms with Crippen molar-refractivity contribution in [2.75, 3.05) is 12.3 Å². The van der Waals surface area contributed by atoms with Crippen LogP contribution in [0.5, 0.6) is 5.75 Å². The first-order valence-corrected chi connectivity index (χ1v) is 5.12. The second-order valence-corrected chi connectivity index (χ2v) is 3.60. The Bertz CT molecular complexity index is 432. The molecule has 4 nitrogen and oxygen atoms in total. The fourth-order valence-electron chi connectivity index (χ4n) is 1.33. The quantitative estimate of drug-likeness (QED) is 0.632. The third-order valence-electron chi connectivity index (χ3n) is 2.13. The van der Waals surface area contributed by atoms with Crippen molar-refractivity contribution in [3.8, 4) is 5.75 Å². The second-order valence-electron chi connectivity index (χ2n) is 3.60. The molecule has 0 saturated heterocycles. The summed E-state index contributed by atoms with van der Waals surface area (Å²) in [6.07, 6.45) is -5.49. The molecule has 100 valence electrons. The monoisotopic (exact) mass is 263 g/mol. The van der Waals surface area contributed by atoms with Crippen LogP contribution in [0.3, 0.4) is 0 Å². The van der Waals surface area contributed by atoms with Crippen LogP contribution in [-0.4, -0.2) is 23.9 Å². The number of carboxylic acids is 1. The summed E-state index contributed by atoms with van der Waals surface area (Å²) < 4.78 is 40.7. The molecule has 0 bridgehead atoms. The Morgan fingerprint density at radius 3 is 2.61 bits per heavy atom. The lowest BCUT2D eigenvalue weighted by Gasteiger charge is -2.12. The van der Waals surface area contributed by atoms with E-state index in [1.54, 1.807) is 0 Å². The lowest BCUT2D eigenvalue weighted by molar-refractivity contribution is -0.136. The van der Waals surface area contributed by atoms with Crippen molar-refractivity contribution < 1.29 is 27.8 Å². The molecule has 0 aliphatic heterocycles. The van der Waals surface area contributed by atoms with Crippen LogP contribution in [-0.2, 0) is 0 Å². The van der Waals surface area contributed by atoms with Gasteiger partial charge < -0.3 is 15.6 Å². The predicted octanol–water partition coefficient (Wildman–Crippen LogP) is 2.69. The average Bonchev–Trinajstić information content (AvgIpc) is 2.24. The highest BCUT2D eigenvalue weighted by molar-refractivity contribution is 5.93. The second kappa shape index (κ2) is 5.61. The maximum absolute atomic E-state index is 11.9. The minimum absolute atomic E-state index is 0.0851. The number of ether oxygens (including phenoxy) is 1. The van der Waals surface area contributed by atoms with Crippen LogP contribution in [0, 0.1) is 0 Å². The minimum atomic E-state index is -4.25. The van der Waals surface area contributed by atoms with Crippen molar-refractivity contribution in [2.45, 2.75) is 19.0 Å². The first-order chi connectivity index (χ1) is 8.31. The molecule has 0 aromatic heterocycles. The van der Waals surface area contributed by atoms with Gasteiger partial charge in [-0.2, -0.15) is 13.2 Å². The Morgan fingerprint density at radius 1 is 1.39 bits per heavy atom. The summed E-state index contributed by atoms with van der Waals surface area (Å²) in [4.78, 5) is 10.9. The Balaban J connectivity index is 2.64. The van der Waals surface area contributed by atoms with E-state index in [0.29, 0.717) is 0 Å². The smallest absolute Gasteiger partial charge is 0.389 e. The van der Waals surface area contributed by atoms with Gasteiger partial charge in [-0.1, -0.05) is 6.07 Å². The van der Waals surface area contributed by atoms with Crippen LogP contribution in [0.4, 0.5) is 18.9 Å². The summed E-state index contributed by atoms with van der Waals surface area (Å²) >= 11 is 0. The molecule has 3 N–H and O–H groups in total. The molecule has 1 aromatic rings. The number of hydrogen-bond donors (Lipinski definition) is 2. The summed E-state index contributed by atoms with van der Waals surface area (Å²) in [6.45, 7) is -0.242. The molecule has 0 spiro atoms. The molecule has 7 heteroatoms. The molecule has 0 amide bonds. The molecule has 1 rings (SSSR count). The summed E-state index contributed by atoms with van der Waals surface area (Å²) in [5, 5.41) is 8.86. The number of aromatic carboxylic acids is 1. The molecule has 0 radical (unpaired) electrons. The topological polar surface area (TPSA) is 72.6 Å². The van der Waals surface area contributed by atoms with Crippen molar-refractivity contribution in [1.29, 1.82) is 0 Å². The molecule has 0 fully saturated rings. The molecule has 0 atom stereocenters. The van der Waals surface area contributed by atoms with Crippen molar-refractivity contribution >= 4 is 11.7 Å². The molecular weight excluding hydrogens is 251 g/mol. The summed E-state index contributed by atoms with van der Waals surface area (Å²) in [5.74, 6) is -1.33. The maximum atomic E-state index is 11.9. The fourth-order valence-corrected chi connectivity index (χ4v) is 1.33. The molecule has 0 unspecified atom stereocenters. The van der Waals surface area contributed by atoms with Gasteiger partial charge in [0.1, 0.15) is 5.56 Å². The zero-order valence-electron chi connectivity index (χ0n) is 9.33. The molecule has 0 heterocycles. The first kappa shape index (κ1) is 14.1. The van der Waals surface area contributed by atoms with Crippen molar-refractivity contribution in [2.24, 2.45) is 0 Å². The van der Waals surface area contributed by atoms with Gasteiger partial charge >= 0.3 is 12.1 Å². The van der Waals surface area contributed by atoms with Crippen molar-refractivity contribution in [1.82, 2.24) is 0 Å². The van der Waals surface area contributed by atoms with Gasteiger partial charge in [-0.25, -0.2) is 4.79 Å². The molecular formula is C11H12F3NO3. The third kappa shape index (κ3) is 4.15. The highest BCUT2D eigenvalue weighted by atomic mass is 19.4. The summed E-state index contributed by atoms with van der Waals surface area (Å²) in [5.41, 5.74) is 5.44. The van der Waals surface area contributed by atoms with E-state index in [9.17, 15) is 18.0 Å². The molecule has 0 aliphatic rings. The number of carboxylic acid groups (broad SMARTS) is 1. The normalized spacial score (nSPS) is 11.3. The number of anilines is 1. The molecule has 0 saturated carbocycles. The zero-order valence-corrected chi connectivity index (χ0v) is 9.33. The van der Waals surface area contributed by atoms with Gasteiger partial charge in [-0.3, -0.25) is 0 Å². The highest BCUT2D eigenvalue weighted by Gasteiger charge is 2.26. The van der Waals surface area contributed by atoms with Gasteiger partial charge in [0, 0.05) is 6.42 Å². The number of benzene rings is 1. The Morgan fingerprint density at radius 2 is 2.06 bits per heavy atom. The third-order valence-corrected chi connectivity index (χ3v) is 2.13. The average molecular weight is 263 g/mol. The maximum Gasteiger partial charge on any atom is 0.389 e. The van der Waals surface area contributed by atoms with Crippen molar-refractivity contribution in [3.63, 3.8) is 0 Å². The minimum Gasteiger partial charge on any atom is -0.491 e. The Kier molecular flexibility index (Phi) is 4.41. The Labute approximate surface area is 101 Å². The van der Waals surface area contributed by atoms with E-state index in [1.165, 1.54) is 18.2 Å². The van der Waals surface area contributed by atoms with Gasteiger partial charge in [0.15, 0.2) is 5.75 Å². The van der Waals surface area contributed by atoms with Gasteiger partial charge in [0.2, 0.25) is 0 Å². The van der Waals surface area contributed by atoms with Crippen LogP contribution < -0.4 is 10.5 Å². The van der Waals surface area contributed by atoms with Crippen LogP contribution >= 0.6 is 0 Å². The fraction of sp³-hybridized carbons (Fsp3) is 0.364. The van der Waals surface area contributed by atoms with E-state index in [2.05, 4.69) is 0 Å². The lowest BCUT2D eigenvalue weighted by Crippen LogP contribution is -2.11. The van der Waals surface area contributed by atoms with E-state index >= 15 is 0 Å². The van der Waals surface area contributed by atoms with Gasteiger partial charge in [-0.05, 0) is 18.6 Å². The van der Waals surface area contributed by atoms with E-state index in [4.69, 9.17) is 15.6 Å². The molecule has 18 heavy (non-hydrogen) atoms. The van der Waals surface area contributed by atoms with Crippen molar-refractivity contribution in [3.05, 3.63) is 23.8 Å². The number of hydrogen-bond acceptors (Lipinski definition) is 3. The SMILES string of the molecule is Nc1cccc(C(=O)O)c1OCCCC(F)(F)F. The molecule has 1 aromatic carbocycles. The number of alkyl halides is 3. The number of carbonyl (C=O) groups is 1. The van der Waals surface area contributed by atoms with E-state index in [-0.39, 0.29) is 30.0 Å². The number of nitrogen functional groups attached to an aromatic ring is 1. The van der Waals surface area contributed by atoms with Crippen LogP contribution in [0.15, 0.2) is 18.2 Å². The van der Waals surface area contributed by atoms with Gasteiger partial charge in [0.05, 0.1) is 12.3 Å². The Hall–Kier alpha value is -1.92. The van der Waals surface area contributed by atoms with Gasteiger partial charge in [-0.15, -0.1) is 0 Å². The summed E-state index contributed by atoms with van der Waals surface area (Å²) in [7, 11) is 0. The van der Waals surface area contributed by atoms with E-state index in [1.807, 2.05) is 0 Å². The highest BCUT2D eigenvalue weighted by Crippen LogP contribution is 2.27. The first-order valence-electron chi connectivity index (χ1n) is 5.12. The number of halogens is 3. The van der Waals surface area contributed by atoms with Crippen LogP contribution in [0.2, 0.25) is 0 Å². The molecule has 0 aliphatic carbocycles. The largest absolute Gasteiger partial charge is 0.491 e. The van der Waals surface area contributed by atoms with Crippen LogP contribution in [0.25, 0.3) is 0 Å².